The second-order valence-electron chi connectivity index (χ2n) is 10.9. The van der Waals surface area contributed by atoms with Crippen molar-refractivity contribution < 1.29 is 19.7 Å². The lowest BCUT2D eigenvalue weighted by Gasteiger charge is -2.32. The van der Waals surface area contributed by atoms with Crippen molar-refractivity contribution in [2.24, 2.45) is 0 Å². The third-order valence-corrected chi connectivity index (χ3v) is 8.25. The van der Waals surface area contributed by atoms with Crippen LogP contribution in [0.3, 0.4) is 0 Å². The Morgan fingerprint density at radius 3 is 1.43 bits per heavy atom. The van der Waals surface area contributed by atoms with E-state index in [-0.39, 0.29) is 18.6 Å². The third-order valence-electron chi connectivity index (χ3n) is 8.25. The zero-order valence-corrected chi connectivity index (χ0v) is 21.7. The Balaban J connectivity index is 1.69. The van der Waals surface area contributed by atoms with Crippen LogP contribution in [0.2, 0.25) is 0 Å². The second-order valence-corrected chi connectivity index (χ2v) is 10.9. The first kappa shape index (κ1) is 26.0. The highest BCUT2D eigenvalue weighted by molar-refractivity contribution is 5.49. The maximum atomic E-state index is 9.32. The first-order chi connectivity index (χ1) is 17.0. The molecule has 0 aromatic heterocycles. The molecule has 2 N–H and O–H groups in total. The van der Waals surface area contributed by atoms with Crippen molar-refractivity contribution >= 4 is 0 Å². The molecule has 0 bridgehead atoms. The molecule has 0 atom stereocenters. The van der Waals surface area contributed by atoms with E-state index < -0.39 is 0 Å². The van der Waals surface area contributed by atoms with Gasteiger partial charge in [0.15, 0.2) is 0 Å². The summed E-state index contributed by atoms with van der Waals surface area (Å²) in [5, 5.41) is 18.6. The average molecular weight is 481 g/mol. The SMILES string of the molecule is CC(C)(c1ccc(OCCO)c(C2CCCCC2)c1)c1ccc(OCCO)c(C2CCCCC2)c1. The van der Waals surface area contributed by atoms with Crippen LogP contribution in [0.4, 0.5) is 0 Å². The molecule has 2 saturated carbocycles. The van der Waals surface area contributed by atoms with E-state index in [0.717, 1.165) is 11.5 Å². The minimum atomic E-state index is -0.169. The molecular weight excluding hydrogens is 436 g/mol. The maximum Gasteiger partial charge on any atom is 0.122 e. The molecule has 192 valence electrons. The minimum Gasteiger partial charge on any atom is -0.491 e. The van der Waals surface area contributed by atoms with Crippen LogP contribution in [0.15, 0.2) is 36.4 Å². The van der Waals surface area contributed by atoms with Crippen molar-refractivity contribution in [1.82, 2.24) is 0 Å². The highest BCUT2D eigenvalue weighted by Crippen LogP contribution is 2.44. The Bertz CT molecular complexity index is 863. The van der Waals surface area contributed by atoms with Gasteiger partial charge in [0, 0.05) is 5.41 Å². The van der Waals surface area contributed by atoms with Gasteiger partial charge in [-0.1, -0.05) is 76.6 Å². The molecule has 0 amide bonds. The lowest BCUT2D eigenvalue weighted by Crippen LogP contribution is -2.21. The second kappa shape index (κ2) is 12.3. The Hall–Kier alpha value is -2.04. The number of ether oxygens (including phenoxy) is 2. The molecule has 2 fully saturated rings. The van der Waals surface area contributed by atoms with Crippen LogP contribution in [0.5, 0.6) is 11.5 Å². The number of hydrogen-bond acceptors (Lipinski definition) is 4. The summed E-state index contributed by atoms with van der Waals surface area (Å²) in [4.78, 5) is 0. The number of hydrogen-bond donors (Lipinski definition) is 2. The van der Waals surface area contributed by atoms with Crippen LogP contribution in [0.25, 0.3) is 0 Å². The molecule has 2 aromatic rings. The van der Waals surface area contributed by atoms with Crippen LogP contribution < -0.4 is 9.47 Å². The molecule has 4 rings (SSSR count). The molecule has 0 aliphatic heterocycles. The quantitative estimate of drug-likeness (QED) is 0.390. The predicted octanol–water partition coefficient (Wildman–Crippen LogP) is 6.85. The van der Waals surface area contributed by atoms with Crippen LogP contribution >= 0.6 is 0 Å². The minimum absolute atomic E-state index is 0.0337. The summed E-state index contributed by atoms with van der Waals surface area (Å²) >= 11 is 0. The summed E-state index contributed by atoms with van der Waals surface area (Å²) in [7, 11) is 0. The summed E-state index contributed by atoms with van der Waals surface area (Å²) in [6.07, 6.45) is 12.6. The van der Waals surface area contributed by atoms with Crippen molar-refractivity contribution in [3.05, 3.63) is 58.7 Å². The summed E-state index contributed by atoms with van der Waals surface area (Å²) in [5.74, 6) is 2.92. The normalized spacial score (nSPS) is 17.9. The first-order valence-corrected chi connectivity index (χ1v) is 13.8. The smallest absolute Gasteiger partial charge is 0.122 e. The molecule has 0 spiro atoms. The highest BCUT2D eigenvalue weighted by atomic mass is 16.5. The zero-order valence-electron chi connectivity index (χ0n) is 21.7. The molecule has 2 aliphatic carbocycles. The fourth-order valence-electron chi connectivity index (χ4n) is 6.08. The van der Waals surface area contributed by atoms with Gasteiger partial charge in [-0.05, 0) is 71.9 Å². The largest absolute Gasteiger partial charge is 0.491 e. The van der Waals surface area contributed by atoms with Gasteiger partial charge in [0.2, 0.25) is 0 Å². The van der Waals surface area contributed by atoms with Gasteiger partial charge in [0.25, 0.3) is 0 Å². The van der Waals surface area contributed by atoms with Crippen LogP contribution in [-0.2, 0) is 5.41 Å². The molecule has 2 aromatic carbocycles. The average Bonchev–Trinajstić information content (AvgIpc) is 2.91. The summed E-state index contributed by atoms with van der Waals surface area (Å²) in [5.41, 5.74) is 5.04. The Morgan fingerprint density at radius 1 is 0.657 bits per heavy atom. The fraction of sp³-hybridized carbons (Fsp3) is 0.613. The molecule has 35 heavy (non-hydrogen) atoms. The Kier molecular flexibility index (Phi) is 9.13. The fourth-order valence-corrected chi connectivity index (χ4v) is 6.08. The lowest BCUT2D eigenvalue weighted by atomic mass is 9.74. The summed E-state index contributed by atoms with van der Waals surface area (Å²) in [6, 6.07) is 13.4. The standard InChI is InChI=1S/C31H44O4/c1-31(2,25-13-15-29(34-19-17-32)27(21-25)23-9-5-3-6-10-23)26-14-16-30(35-20-18-33)28(22-26)24-11-7-4-8-12-24/h13-16,21-24,32-33H,3-12,17-20H2,1-2H3. The van der Waals surface area contributed by atoms with Crippen LogP contribution in [-0.4, -0.2) is 36.6 Å². The lowest BCUT2D eigenvalue weighted by molar-refractivity contribution is 0.199. The number of rotatable bonds is 10. The number of aliphatic hydroxyl groups is 2. The molecule has 4 heteroatoms. The van der Waals surface area contributed by atoms with Gasteiger partial charge in [-0.15, -0.1) is 0 Å². The molecule has 0 unspecified atom stereocenters. The Morgan fingerprint density at radius 2 is 1.06 bits per heavy atom. The Labute approximate surface area is 211 Å². The maximum absolute atomic E-state index is 9.32. The van der Waals surface area contributed by atoms with E-state index in [4.69, 9.17) is 9.47 Å². The molecule has 0 radical (unpaired) electrons. The molecular formula is C31H44O4. The van der Waals surface area contributed by atoms with Crippen LogP contribution in [0.1, 0.15) is 112 Å². The number of aliphatic hydroxyl groups excluding tert-OH is 2. The van der Waals surface area contributed by atoms with E-state index in [9.17, 15) is 10.2 Å². The van der Waals surface area contributed by atoms with E-state index in [1.165, 1.54) is 86.5 Å². The molecule has 4 nitrogen and oxygen atoms in total. The topological polar surface area (TPSA) is 58.9 Å². The van der Waals surface area contributed by atoms with Gasteiger partial charge in [-0.3, -0.25) is 0 Å². The highest BCUT2D eigenvalue weighted by Gasteiger charge is 2.29. The zero-order chi connectivity index (χ0) is 24.7. The van der Waals surface area contributed by atoms with E-state index >= 15 is 0 Å². The third kappa shape index (κ3) is 6.21. The summed E-state index contributed by atoms with van der Waals surface area (Å²) in [6.45, 7) is 5.37. The van der Waals surface area contributed by atoms with E-state index in [0.29, 0.717) is 25.0 Å². The van der Waals surface area contributed by atoms with E-state index in [2.05, 4.69) is 50.2 Å². The predicted molar refractivity (Wildman–Crippen MR) is 142 cm³/mol. The van der Waals surface area contributed by atoms with Crippen molar-refractivity contribution in [2.75, 3.05) is 26.4 Å². The van der Waals surface area contributed by atoms with E-state index in [1.54, 1.807) is 0 Å². The molecule has 0 saturated heterocycles. The monoisotopic (exact) mass is 480 g/mol. The van der Waals surface area contributed by atoms with Crippen molar-refractivity contribution in [2.45, 2.75) is 95.3 Å². The molecule has 2 aliphatic rings. The van der Waals surface area contributed by atoms with Gasteiger partial charge in [-0.2, -0.15) is 0 Å². The van der Waals surface area contributed by atoms with Gasteiger partial charge in [0.05, 0.1) is 13.2 Å². The van der Waals surface area contributed by atoms with Gasteiger partial charge >= 0.3 is 0 Å². The van der Waals surface area contributed by atoms with Crippen molar-refractivity contribution in [3.63, 3.8) is 0 Å². The number of benzene rings is 2. The van der Waals surface area contributed by atoms with Gasteiger partial charge < -0.3 is 19.7 Å². The summed E-state index contributed by atoms with van der Waals surface area (Å²) < 4.78 is 12.0. The van der Waals surface area contributed by atoms with E-state index in [1.807, 2.05) is 0 Å². The molecule has 0 heterocycles. The van der Waals surface area contributed by atoms with Crippen molar-refractivity contribution in [3.8, 4) is 11.5 Å². The van der Waals surface area contributed by atoms with Gasteiger partial charge in [-0.25, -0.2) is 0 Å². The van der Waals surface area contributed by atoms with Crippen molar-refractivity contribution in [1.29, 1.82) is 0 Å². The first-order valence-electron chi connectivity index (χ1n) is 13.8. The van der Waals surface area contributed by atoms with Gasteiger partial charge in [0.1, 0.15) is 24.7 Å². The van der Waals surface area contributed by atoms with Crippen LogP contribution in [0, 0.1) is 0 Å².